The van der Waals surface area contributed by atoms with Crippen molar-refractivity contribution in [3.05, 3.63) is 35.1 Å². The molecule has 1 rings (SSSR count). The van der Waals surface area contributed by atoms with Crippen LogP contribution in [0.5, 0.6) is 0 Å². The van der Waals surface area contributed by atoms with E-state index in [1.807, 2.05) is 6.92 Å². The SMILES string of the molecule is CCSCC(C)NC(=O)c1ccc(C#CCN)cc1F. The number of halogens is 1. The third-order valence-corrected chi connectivity index (χ3v) is 3.64. The second kappa shape index (κ2) is 8.62. The summed E-state index contributed by atoms with van der Waals surface area (Å²) >= 11 is 1.73. The predicted octanol–water partition coefficient (Wildman–Crippen LogP) is 2.01. The van der Waals surface area contributed by atoms with Crippen LogP contribution >= 0.6 is 11.8 Å². The molecular weight excluding hydrogens is 275 g/mol. The normalized spacial score (nSPS) is 11.4. The van der Waals surface area contributed by atoms with Crippen LogP contribution in [-0.2, 0) is 0 Å². The van der Waals surface area contributed by atoms with Crippen molar-refractivity contribution in [2.45, 2.75) is 19.9 Å². The van der Waals surface area contributed by atoms with Gasteiger partial charge in [-0.05, 0) is 30.9 Å². The number of nitrogens with two attached hydrogens (primary N) is 1. The zero-order valence-corrected chi connectivity index (χ0v) is 12.5. The van der Waals surface area contributed by atoms with Crippen molar-refractivity contribution in [3.8, 4) is 11.8 Å². The smallest absolute Gasteiger partial charge is 0.254 e. The molecule has 0 saturated heterocycles. The predicted molar refractivity (Wildman–Crippen MR) is 82.3 cm³/mol. The van der Waals surface area contributed by atoms with Gasteiger partial charge in [0.1, 0.15) is 5.82 Å². The fraction of sp³-hybridized carbons (Fsp3) is 0.400. The van der Waals surface area contributed by atoms with E-state index >= 15 is 0 Å². The van der Waals surface area contributed by atoms with E-state index in [1.54, 1.807) is 17.8 Å². The number of amides is 1. The molecule has 0 fully saturated rings. The largest absolute Gasteiger partial charge is 0.349 e. The Labute approximate surface area is 123 Å². The molecule has 5 heteroatoms. The average Bonchev–Trinajstić information content (AvgIpc) is 2.42. The lowest BCUT2D eigenvalue weighted by Gasteiger charge is -2.13. The molecule has 0 spiro atoms. The highest BCUT2D eigenvalue weighted by Gasteiger charge is 2.14. The van der Waals surface area contributed by atoms with E-state index in [9.17, 15) is 9.18 Å². The van der Waals surface area contributed by atoms with Gasteiger partial charge < -0.3 is 11.1 Å². The van der Waals surface area contributed by atoms with Gasteiger partial charge in [0.2, 0.25) is 0 Å². The van der Waals surface area contributed by atoms with Crippen molar-refractivity contribution >= 4 is 17.7 Å². The Morgan fingerprint density at radius 1 is 1.55 bits per heavy atom. The Balaban J connectivity index is 2.73. The van der Waals surface area contributed by atoms with Crippen LogP contribution in [0.3, 0.4) is 0 Å². The lowest BCUT2D eigenvalue weighted by molar-refractivity contribution is 0.0939. The van der Waals surface area contributed by atoms with Crippen LogP contribution in [0.2, 0.25) is 0 Å². The summed E-state index contributed by atoms with van der Waals surface area (Å²) in [5, 5.41) is 2.78. The van der Waals surface area contributed by atoms with Gasteiger partial charge in [0, 0.05) is 17.4 Å². The summed E-state index contributed by atoms with van der Waals surface area (Å²) in [6.45, 7) is 4.18. The summed E-state index contributed by atoms with van der Waals surface area (Å²) in [5.74, 6) is 6.21. The molecule has 0 radical (unpaired) electrons. The minimum absolute atomic E-state index is 0.00329. The number of rotatable bonds is 5. The van der Waals surface area contributed by atoms with Gasteiger partial charge in [-0.25, -0.2) is 4.39 Å². The zero-order valence-electron chi connectivity index (χ0n) is 11.7. The van der Waals surface area contributed by atoms with Gasteiger partial charge >= 0.3 is 0 Å². The molecule has 3 nitrogen and oxygen atoms in total. The molecule has 1 atom stereocenters. The van der Waals surface area contributed by atoms with Crippen LogP contribution in [0, 0.1) is 17.7 Å². The average molecular weight is 294 g/mol. The molecule has 20 heavy (non-hydrogen) atoms. The first-order chi connectivity index (χ1) is 9.58. The van der Waals surface area contributed by atoms with Crippen LogP contribution in [-0.4, -0.2) is 30.0 Å². The molecule has 1 aromatic carbocycles. The lowest BCUT2D eigenvalue weighted by atomic mass is 10.1. The van der Waals surface area contributed by atoms with Crippen LogP contribution in [0.1, 0.15) is 29.8 Å². The monoisotopic (exact) mass is 294 g/mol. The van der Waals surface area contributed by atoms with Crippen LogP contribution < -0.4 is 11.1 Å². The number of hydrogen-bond donors (Lipinski definition) is 2. The van der Waals surface area contributed by atoms with Gasteiger partial charge in [0.05, 0.1) is 12.1 Å². The highest BCUT2D eigenvalue weighted by Crippen LogP contribution is 2.11. The van der Waals surface area contributed by atoms with E-state index in [4.69, 9.17) is 5.73 Å². The third-order valence-electron chi connectivity index (χ3n) is 2.50. The molecule has 0 heterocycles. The molecule has 0 saturated carbocycles. The van der Waals surface area contributed by atoms with Gasteiger partial charge in [0.15, 0.2) is 0 Å². The molecule has 0 bridgehead atoms. The maximum Gasteiger partial charge on any atom is 0.254 e. The molecule has 0 aliphatic carbocycles. The summed E-state index contributed by atoms with van der Waals surface area (Å²) in [6.07, 6.45) is 0. The lowest BCUT2D eigenvalue weighted by Crippen LogP contribution is -2.34. The number of carbonyl (C=O) groups is 1. The van der Waals surface area contributed by atoms with Gasteiger partial charge in [-0.2, -0.15) is 11.8 Å². The highest BCUT2D eigenvalue weighted by molar-refractivity contribution is 7.99. The fourth-order valence-corrected chi connectivity index (χ4v) is 2.24. The fourth-order valence-electron chi connectivity index (χ4n) is 1.57. The minimum atomic E-state index is -0.568. The van der Waals surface area contributed by atoms with Crippen LogP contribution in [0.4, 0.5) is 4.39 Å². The minimum Gasteiger partial charge on any atom is -0.349 e. The number of hydrogen-bond acceptors (Lipinski definition) is 3. The summed E-state index contributed by atoms with van der Waals surface area (Å²) in [4.78, 5) is 11.9. The van der Waals surface area contributed by atoms with E-state index in [0.717, 1.165) is 11.5 Å². The Kier molecular flexibility index (Phi) is 7.13. The van der Waals surface area contributed by atoms with Gasteiger partial charge in [-0.1, -0.05) is 18.8 Å². The second-order valence-corrected chi connectivity index (χ2v) is 5.55. The Bertz CT molecular complexity index is 522. The number of benzene rings is 1. The Hall–Kier alpha value is -1.51. The molecule has 0 aliphatic rings. The Morgan fingerprint density at radius 3 is 2.90 bits per heavy atom. The molecule has 3 N–H and O–H groups in total. The van der Waals surface area contributed by atoms with Crippen molar-refractivity contribution in [1.29, 1.82) is 0 Å². The van der Waals surface area contributed by atoms with Crippen LogP contribution in [0.15, 0.2) is 18.2 Å². The summed E-state index contributed by atoms with van der Waals surface area (Å²) < 4.78 is 13.9. The topological polar surface area (TPSA) is 55.1 Å². The molecule has 1 amide bonds. The van der Waals surface area contributed by atoms with Crippen LogP contribution in [0.25, 0.3) is 0 Å². The first kappa shape index (κ1) is 16.5. The van der Waals surface area contributed by atoms with Crippen molar-refractivity contribution in [2.75, 3.05) is 18.1 Å². The number of carbonyl (C=O) groups excluding carboxylic acids is 1. The van der Waals surface area contributed by atoms with E-state index in [2.05, 4.69) is 24.1 Å². The molecule has 108 valence electrons. The summed E-state index contributed by atoms with van der Waals surface area (Å²) in [5.41, 5.74) is 5.81. The Morgan fingerprint density at radius 2 is 2.30 bits per heavy atom. The van der Waals surface area contributed by atoms with Crippen molar-refractivity contribution in [1.82, 2.24) is 5.32 Å². The van der Waals surface area contributed by atoms with E-state index < -0.39 is 11.7 Å². The molecular formula is C15H19FN2OS. The van der Waals surface area contributed by atoms with E-state index in [-0.39, 0.29) is 18.2 Å². The molecule has 0 aliphatic heterocycles. The van der Waals surface area contributed by atoms with Crippen molar-refractivity contribution in [2.24, 2.45) is 5.73 Å². The molecule has 1 unspecified atom stereocenters. The third kappa shape index (κ3) is 5.24. The molecule has 0 aromatic heterocycles. The zero-order chi connectivity index (χ0) is 15.0. The van der Waals surface area contributed by atoms with Gasteiger partial charge in [-0.3, -0.25) is 4.79 Å². The first-order valence-corrected chi connectivity index (χ1v) is 7.61. The second-order valence-electron chi connectivity index (χ2n) is 4.23. The van der Waals surface area contributed by atoms with E-state index in [1.165, 1.54) is 12.1 Å². The van der Waals surface area contributed by atoms with Crippen molar-refractivity contribution in [3.63, 3.8) is 0 Å². The standard InChI is InChI=1S/C15H19FN2OS/c1-3-20-10-11(2)18-15(19)13-7-6-12(5-4-8-17)9-14(13)16/h6-7,9,11H,3,8,10,17H2,1-2H3,(H,18,19). The van der Waals surface area contributed by atoms with Crippen molar-refractivity contribution < 1.29 is 9.18 Å². The number of nitrogens with one attached hydrogen (secondary N) is 1. The number of thioether (sulfide) groups is 1. The molecule has 1 aromatic rings. The maximum absolute atomic E-state index is 13.9. The van der Waals surface area contributed by atoms with Gasteiger partial charge in [-0.15, -0.1) is 0 Å². The maximum atomic E-state index is 13.9. The quantitative estimate of drug-likeness (QED) is 0.817. The summed E-state index contributed by atoms with van der Waals surface area (Å²) in [7, 11) is 0. The first-order valence-electron chi connectivity index (χ1n) is 6.45. The van der Waals surface area contributed by atoms with Gasteiger partial charge in [0.25, 0.3) is 5.91 Å². The highest BCUT2D eigenvalue weighted by atomic mass is 32.2. The summed E-state index contributed by atoms with van der Waals surface area (Å²) in [6, 6.07) is 4.32. The van der Waals surface area contributed by atoms with E-state index in [0.29, 0.717) is 5.56 Å².